The number of hydrogen-bond acceptors (Lipinski definition) is 3. The van der Waals surface area contributed by atoms with Gasteiger partial charge in [0.2, 0.25) is 0 Å². The molecule has 0 aliphatic rings. The Labute approximate surface area is 171 Å². The normalized spacial score (nSPS) is 11.6. The molecule has 0 unspecified atom stereocenters. The molecular formula is C23H38O4S. The first-order valence-electron chi connectivity index (χ1n) is 10.9. The molecule has 1 rings (SSSR count). The summed E-state index contributed by atoms with van der Waals surface area (Å²) in [6.07, 6.45) is 14.9. The number of unbranched alkanes of at least 4 members (excludes halogenated alkanes) is 12. The standard InChI is InChI=1S/C23H38O4S/c1-21-16-18-22(19-17-21)28(26,27)20-14-12-10-8-6-4-2-3-5-7-9-11-13-15-23(24)25/h16-19H,2-15,20H2,1H3,(H,24,25). The van der Waals surface area contributed by atoms with E-state index in [2.05, 4.69) is 0 Å². The summed E-state index contributed by atoms with van der Waals surface area (Å²) in [5.41, 5.74) is 1.08. The molecule has 0 aromatic heterocycles. The highest BCUT2D eigenvalue weighted by Crippen LogP contribution is 2.16. The first kappa shape index (κ1) is 24.7. The fourth-order valence-electron chi connectivity index (χ4n) is 3.38. The van der Waals surface area contributed by atoms with E-state index in [4.69, 9.17) is 5.11 Å². The molecule has 0 aliphatic carbocycles. The Kier molecular flexibility index (Phi) is 12.9. The van der Waals surface area contributed by atoms with Crippen molar-refractivity contribution >= 4 is 15.8 Å². The average molecular weight is 411 g/mol. The van der Waals surface area contributed by atoms with Crippen molar-refractivity contribution in [2.24, 2.45) is 0 Å². The Bertz CT molecular complexity index is 635. The van der Waals surface area contributed by atoms with E-state index in [1.54, 1.807) is 12.1 Å². The van der Waals surface area contributed by atoms with E-state index in [0.717, 1.165) is 44.1 Å². The van der Waals surface area contributed by atoms with Gasteiger partial charge in [0.15, 0.2) is 9.84 Å². The summed E-state index contributed by atoms with van der Waals surface area (Å²) in [6, 6.07) is 7.13. The van der Waals surface area contributed by atoms with Crippen LogP contribution in [0.3, 0.4) is 0 Å². The van der Waals surface area contributed by atoms with Crippen molar-refractivity contribution in [3.8, 4) is 0 Å². The molecule has 0 saturated carbocycles. The number of sulfone groups is 1. The molecule has 0 amide bonds. The van der Waals surface area contributed by atoms with Crippen LogP contribution in [0.5, 0.6) is 0 Å². The van der Waals surface area contributed by atoms with Crippen LogP contribution >= 0.6 is 0 Å². The van der Waals surface area contributed by atoms with Gasteiger partial charge in [0.1, 0.15) is 0 Å². The molecule has 0 saturated heterocycles. The second-order valence-corrected chi connectivity index (χ2v) is 9.98. The van der Waals surface area contributed by atoms with E-state index in [-0.39, 0.29) is 5.75 Å². The maximum absolute atomic E-state index is 12.3. The number of benzene rings is 1. The van der Waals surface area contributed by atoms with Crippen LogP contribution in [-0.4, -0.2) is 25.2 Å². The number of aryl methyl sites for hydroxylation is 1. The van der Waals surface area contributed by atoms with Gasteiger partial charge in [-0.15, -0.1) is 0 Å². The van der Waals surface area contributed by atoms with Gasteiger partial charge in [-0.3, -0.25) is 4.79 Å². The summed E-state index contributed by atoms with van der Waals surface area (Å²) in [5.74, 6) is -0.435. The highest BCUT2D eigenvalue weighted by atomic mass is 32.2. The summed E-state index contributed by atoms with van der Waals surface area (Å²) in [7, 11) is -3.13. The van der Waals surface area contributed by atoms with Crippen molar-refractivity contribution in [3.05, 3.63) is 29.8 Å². The Morgan fingerprint density at radius 2 is 1.11 bits per heavy atom. The number of carboxylic acid groups (broad SMARTS) is 1. The maximum Gasteiger partial charge on any atom is 0.303 e. The van der Waals surface area contributed by atoms with Crippen LogP contribution in [0.15, 0.2) is 29.2 Å². The molecule has 28 heavy (non-hydrogen) atoms. The first-order chi connectivity index (χ1) is 13.4. The molecule has 0 bridgehead atoms. The summed E-state index contributed by atoms with van der Waals surface area (Å²) < 4.78 is 24.5. The minimum Gasteiger partial charge on any atom is -0.481 e. The SMILES string of the molecule is Cc1ccc(S(=O)(=O)CCCCCCCCCCCCCCCC(=O)O)cc1. The van der Waals surface area contributed by atoms with Crippen molar-refractivity contribution in [1.82, 2.24) is 0 Å². The lowest BCUT2D eigenvalue weighted by atomic mass is 10.0. The molecule has 0 radical (unpaired) electrons. The molecule has 0 fully saturated rings. The van der Waals surface area contributed by atoms with Gasteiger partial charge >= 0.3 is 5.97 Å². The van der Waals surface area contributed by atoms with E-state index < -0.39 is 15.8 Å². The van der Waals surface area contributed by atoms with Gasteiger partial charge in [-0.1, -0.05) is 88.3 Å². The largest absolute Gasteiger partial charge is 0.481 e. The van der Waals surface area contributed by atoms with Crippen LogP contribution < -0.4 is 0 Å². The zero-order chi connectivity index (χ0) is 20.7. The van der Waals surface area contributed by atoms with E-state index in [9.17, 15) is 13.2 Å². The molecule has 0 heterocycles. The third-order valence-corrected chi connectivity index (χ3v) is 7.00. The Morgan fingerprint density at radius 3 is 1.54 bits per heavy atom. The van der Waals surface area contributed by atoms with Crippen molar-refractivity contribution in [1.29, 1.82) is 0 Å². The quantitative estimate of drug-likeness (QED) is 0.305. The van der Waals surface area contributed by atoms with E-state index >= 15 is 0 Å². The zero-order valence-electron chi connectivity index (χ0n) is 17.5. The minimum atomic E-state index is -3.13. The van der Waals surface area contributed by atoms with Crippen LogP contribution in [0.1, 0.15) is 95.5 Å². The topological polar surface area (TPSA) is 71.4 Å². The third-order valence-electron chi connectivity index (χ3n) is 5.18. The molecule has 0 aliphatic heterocycles. The molecule has 1 aromatic rings. The molecule has 0 atom stereocenters. The molecule has 5 heteroatoms. The molecule has 4 nitrogen and oxygen atoms in total. The summed E-state index contributed by atoms with van der Waals surface area (Å²) in [6.45, 7) is 1.96. The van der Waals surface area contributed by atoms with Crippen LogP contribution in [0.25, 0.3) is 0 Å². The average Bonchev–Trinajstić information content (AvgIpc) is 2.65. The van der Waals surface area contributed by atoms with E-state index in [0.29, 0.717) is 11.3 Å². The van der Waals surface area contributed by atoms with Gasteiger partial charge in [-0.05, 0) is 31.9 Å². The number of carboxylic acids is 1. The van der Waals surface area contributed by atoms with Crippen molar-refractivity contribution < 1.29 is 18.3 Å². The molecule has 0 spiro atoms. The number of hydrogen-bond donors (Lipinski definition) is 1. The molecule has 1 N–H and O–H groups in total. The monoisotopic (exact) mass is 410 g/mol. The van der Waals surface area contributed by atoms with Gasteiger partial charge in [-0.25, -0.2) is 8.42 Å². The fraction of sp³-hybridized carbons (Fsp3) is 0.696. The predicted octanol–water partition coefficient (Wildman–Crippen LogP) is 6.31. The summed E-state index contributed by atoms with van der Waals surface area (Å²) in [5, 5.41) is 8.57. The van der Waals surface area contributed by atoms with Gasteiger partial charge < -0.3 is 5.11 Å². The number of rotatable bonds is 17. The van der Waals surface area contributed by atoms with Crippen LogP contribution in [0.2, 0.25) is 0 Å². The Hall–Kier alpha value is -1.36. The summed E-state index contributed by atoms with van der Waals surface area (Å²) in [4.78, 5) is 10.8. The minimum absolute atomic E-state index is 0.253. The van der Waals surface area contributed by atoms with E-state index in [1.165, 1.54) is 44.9 Å². The van der Waals surface area contributed by atoms with Crippen LogP contribution in [-0.2, 0) is 14.6 Å². The highest BCUT2D eigenvalue weighted by molar-refractivity contribution is 7.91. The van der Waals surface area contributed by atoms with Crippen molar-refractivity contribution in [2.75, 3.05) is 5.75 Å². The van der Waals surface area contributed by atoms with Gasteiger partial charge in [0.05, 0.1) is 10.6 Å². The predicted molar refractivity (Wildman–Crippen MR) is 116 cm³/mol. The van der Waals surface area contributed by atoms with E-state index in [1.807, 2.05) is 19.1 Å². The molecule has 160 valence electrons. The first-order valence-corrected chi connectivity index (χ1v) is 12.6. The van der Waals surface area contributed by atoms with Crippen LogP contribution in [0.4, 0.5) is 0 Å². The number of aliphatic carboxylic acids is 1. The molecular weight excluding hydrogens is 372 g/mol. The van der Waals surface area contributed by atoms with Gasteiger partial charge in [-0.2, -0.15) is 0 Å². The number of carbonyl (C=O) groups is 1. The van der Waals surface area contributed by atoms with Gasteiger partial charge in [0, 0.05) is 6.42 Å². The smallest absolute Gasteiger partial charge is 0.303 e. The second-order valence-electron chi connectivity index (χ2n) is 7.87. The third kappa shape index (κ3) is 12.2. The molecule has 1 aromatic carbocycles. The second kappa shape index (κ2) is 14.6. The fourth-order valence-corrected chi connectivity index (χ4v) is 4.75. The highest BCUT2D eigenvalue weighted by Gasteiger charge is 2.13. The van der Waals surface area contributed by atoms with Crippen molar-refractivity contribution in [2.45, 2.75) is 102 Å². The lowest BCUT2D eigenvalue weighted by Gasteiger charge is -2.05. The lowest BCUT2D eigenvalue weighted by Crippen LogP contribution is -2.06. The Balaban J connectivity index is 1.90. The maximum atomic E-state index is 12.3. The Morgan fingerprint density at radius 1 is 0.714 bits per heavy atom. The van der Waals surface area contributed by atoms with Crippen molar-refractivity contribution in [3.63, 3.8) is 0 Å². The zero-order valence-corrected chi connectivity index (χ0v) is 18.3. The van der Waals surface area contributed by atoms with Crippen LogP contribution in [0, 0.1) is 6.92 Å². The van der Waals surface area contributed by atoms with Gasteiger partial charge in [0.25, 0.3) is 0 Å². The summed E-state index contributed by atoms with van der Waals surface area (Å²) >= 11 is 0. The lowest BCUT2D eigenvalue weighted by molar-refractivity contribution is -0.137.